The van der Waals surface area contributed by atoms with Gasteiger partial charge in [-0.05, 0) is 42.3 Å². The van der Waals surface area contributed by atoms with Gasteiger partial charge in [0.15, 0.2) is 15.8 Å². The van der Waals surface area contributed by atoms with Gasteiger partial charge in [0, 0.05) is 26.9 Å². The molecule has 0 radical (unpaired) electrons. The Labute approximate surface area is 195 Å². The van der Waals surface area contributed by atoms with Crippen molar-refractivity contribution in [1.82, 2.24) is 15.6 Å². The molecule has 7 nitrogen and oxygen atoms in total. The Bertz CT molecular complexity index is 967. The summed E-state index contributed by atoms with van der Waals surface area (Å²) in [6, 6.07) is 9.87. The monoisotopic (exact) mass is 549 g/mol. The Morgan fingerprint density at radius 2 is 1.90 bits per heavy atom. The van der Waals surface area contributed by atoms with Crippen LogP contribution in [-0.2, 0) is 28.7 Å². The van der Waals surface area contributed by atoms with E-state index in [1.54, 1.807) is 0 Å². The molecule has 2 N–H and O–H groups in total. The fraction of sp³-hybridized carbons (Fsp3) is 0.400. The van der Waals surface area contributed by atoms with Gasteiger partial charge in [0.05, 0.1) is 24.5 Å². The summed E-state index contributed by atoms with van der Waals surface area (Å²) >= 11 is 0. The number of sulfone groups is 1. The Morgan fingerprint density at radius 1 is 1.17 bits per heavy atom. The van der Waals surface area contributed by atoms with Gasteiger partial charge in [0.2, 0.25) is 0 Å². The Hall–Kier alpha value is -1.95. The van der Waals surface area contributed by atoms with Crippen LogP contribution < -0.4 is 15.5 Å². The van der Waals surface area contributed by atoms with Crippen LogP contribution in [0.3, 0.4) is 0 Å². The van der Waals surface area contributed by atoms with E-state index in [4.69, 9.17) is 0 Å². The van der Waals surface area contributed by atoms with Crippen molar-refractivity contribution in [3.63, 3.8) is 0 Å². The molecule has 0 saturated heterocycles. The average Bonchev–Trinajstić information content (AvgIpc) is 2.65. The van der Waals surface area contributed by atoms with E-state index in [-0.39, 0.29) is 36.3 Å². The van der Waals surface area contributed by atoms with Crippen molar-refractivity contribution in [2.45, 2.75) is 25.8 Å². The lowest BCUT2D eigenvalue weighted by molar-refractivity contribution is 0.600. The van der Waals surface area contributed by atoms with Crippen molar-refractivity contribution < 1.29 is 12.8 Å². The first-order valence-corrected chi connectivity index (χ1v) is 11.3. The molecule has 2 rings (SSSR count). The summed E-state index contributed by atoms with van der Waals surface area (Å²) in [5, 5.41) is 6.33. The summed E-state index contributed by atoms with van der Waals surface area (Å²) in [5.41, 5.74) is 1.94. The van der Waals surface area contributed by atoms with Crippen LogP contribution >= 0.6 is 24.0 Å². The maximum absolute atomic E-state index is 13.7. The van der Waals surface area contributed by atoms with Crippen LogP contribution in [0.4, 0.5) is 10.2 Å². The zero-order valence-electron chi connectivity index (χ0n) is 17.6. The van der Waals surface area contributed by atoms with Crippen molar-refractivity contribution >= 4 is 45.6 Å². The van der Waals surface area contributed by atoms with E-state index in [0.717, 1.165) is 17.8 Å². The molecule has 10 heteroatoms. The lowest BCUT2D eigenvalue weighted by Crippen LogP contribution is -2.37. The molecule has 0 bridgehead atoms. The number of guanidine groups is 1. The molecule has 1 heterocycles. The summed E-state index contributed by atoms with van der Waals surface area (Å²) < 4.78 is 37.0. The third kappa shape index (κ3) is 8.82. The second-order valence-corrected chi connectivity index (χ2v) is 9.05. The SMILES string of the molecule is CCNC(=NCc1cc(F)ccc1CS(C)(=O)=O)NCc1cccc(N(C)C)n1.I. The third-order valence-electron chi connectivity index (χ3n) is 4.02. The minimum Gasteiger partial charge on any atom is -0.363 e. The molecular weight excluding hydrogens is 520 g/mol. The lowest BCUT2D eigenvalue weighted by Gasteiger charge is -2.14. The molecule has 0 aliphatic rings. The number of hydrogen-bond acceptors (Lipinski definition) is 5. The van der Waals surface area contributed by atoms with Crippen LogP contribution in [0.25, 0.3) is 0 Å². The second-order valence-electron chi connectivity index (χ2n) is 6.91. The molecule has 1 aromatic carbocycles. The molecule has 1 aromatic heterocycles. The van der Waals surface area contributed by atoms with E-state index in [1.807, 2.05) is 44.1 Å². The summed E-state index contributed by atoms with van der Waals surface area (Å²) in [4.78, 5) is 11.0. The second kappa shape index (κ2) is 12.0. The van der Waals surface area contributed by atoms with Crippen LogP contribution in [-0.4, -0.2) is 46.3 Å². The van der Waals surface area contributed by atoms with E-state index in [0.29, 0.717) is 30.2 Å². The number of pyridine rings is 1. The summed E-state index contributed by atoms with van der Waals surface area (Å²) in [7, 11) is 0.624. The number of benzene rings is 1. The Kier molecular flexibility index (Phi) is 10.5. The van der Waals surface area contributed by atoms with E-state index in [1.165, 1.54) is 18.2 Å². The van der Waals surface area contributed by atoms with Gasteiger partial charge in [0.1, 0.15) is 11.6 Å². The maximum atomic E-state index is 13.7. The number of aromatic nitrogens is 1. The van der Waals surface area contributed by atoms with Crippen LogP contribution in [0, 0.1) is 5.82 Å². The van der Waals surface area contributed by atoms with Crippen molar-refractivity contribution in [3.8, 4) is 0 Å². The van der Waals surface area contributed by atoms with E-state index in [9.17, 15) is 12.8 Å². The zero-order valence-corrected chi connectivity index (χ0v) is 20.8. The quantitative estimate of drug-likeness (QED) is 0.299. The molecule has 0 unspecified atom stereocenters. The number of rotatable bonds is 8. The molecule has 0 saturated carbocycles. The van der Waals surface area contributed by atoms with Gasteiger partial charge in [-0.25, -0.2) is 22.8 Å². The zero-order chi connectivity index (χ0) is 21.4. The average molecular weight is 549 g/mol. The number of aliphatic imine (C=N–C) groups is 1. The fourth-order valence-corrected chi connectivity index (χ4v) is 3.51. The van der Waals surface area contributed by atoms with Crippen molar-refractivity contribution in [1.29, 1.82) is 0 Å². The van der Waals surface area contributed by atoms with Crippen molar-refractivity contribution in [2.24, 2.45) is 4.99 Å². The third-order valence-corrected chi connectivity index (χ3v) is 4.86. The van der Waals surface area contributed by atoms with Crippen LogP contribution in [0.1, 0.15) is 23.7 Å². The normalized spacial score (nSPS) is 11.6. The Balaban J connectivity index is 0.00000450. The predicted octanol–water partition coefficient (Wildman–Crippen LogP) is 2.70. The highest BCUT2D eigenvalue weighted by Crippen LogP contribution is 2.15. The molecule has 30 heavy (non-hydrogen) atoms. The van der Waals surface area contributed by atoms with Gasteiger partial charge in [-0.15, -0.1) is 24.0 Å². The number of hydrogen-bond donors (Lipinski definition) is 2. The maximum Gasteiger partial charge on any atom is 0.191 e. The van der Waals surface area contributed by atoms with Crippen molar-refractivity contribution in [2.75, 3.05) is 31.8 Å². The molecule has 0 spiro atoms. The summed E-state index contributed by atoms with van der Waals surface area (Å²) in [6.07, 6.45) is 1.16. The number of nitrogens with zero attached hydrogens (tertiary/aromatic N) is 3. The molecule has 0 amide bonds. The standard InChI is InChI=1S/C20H28FN5O2S.HI/c1-5-22-20(24-13-18-7-6-8-19(25-18)26(2)3)23-12-16-11-17(21)10-9-15(16)14-29(4,27)28;/h6-11H,5,12-14H2,1-4H3,(H2,22,23,24);1H. The number of halogens is 2. The summed E-state index contributed by atoms with van der Waals surface area (Å²) in [5.74, 6) is 0.828. The van der Waals surface area contributed by atoms with Gasteiger partial charge in [-0.2, -0.15) is 0 Å². The van der Waals surface area contributed by atoms with Gasteiger partial charge in [-0.3, -0.25) is 0 Å². The molecule has 166 valence electrons. The highest BCUT2D eigenvalue weighted by molar-refractivity contribution is 14.0. The molecule has 0 fully saturated rings. The molecular formula is C20H29FIN5O2S. The van der Waals surface area contributed by atoms with Gasteiger partial charge < -0.3 is 15.5 Å². The Morgan fingerprint density at radius 3 is 2.53 bits per heavy atom. The first kappa shape index (κ1) is 26.1. The lowest BCUT2D eigenvalue weighted by atomic mass is 10.1. The topological polar surface area (TPSA) is 86.7 Å². The molecule has 0 atom stereocenters. The van der Waals surface area contributed by atoms with Gasteiger partial charge in [0.25, 0.3) is 0 Å². The van der Waals surface area contributed by atoms with E-state index in [2.05, 4.69) is 20.6 Å². The number of nitrogens with one attached hydrogen (secondary N) is 2. The van der Waals surface area contributed by atoms with Crippen LogP contribution in [0.5, 0.6) is 0 Å². The smallest absolute Gasteiger partial charge is 0.191 e. The number of anilines is 1. The summed E-state index contributed by atoms with van der Waals surface area (Å²) in [6.45, 7) is 3.21. The predicted molar refractivity (Wildman–Crippen MR) is 131 cm³/mol. The fourth-order valence-electron chi connectivity index (χ4n) is 2.66. The van der Waals surface area contributed by atoms with E-state index >= 15 is 0 Å². The highest BCUT2D eigenvalue weighted by atomic mass is 127. The van der Waals surface area contributed by atoms with E-state index < -0.39 is 15.7 Å². The minimum absolute atomic E-state index is 0. The minimum atomic E-state index is -3.23. The van der Waals surface area contributed by atoms with Crippen LogP contribution in [0.15, 0.2) is 41.4 Å². The van der Waals surface area contributed by atoms with Gasteiger partial charge >= 0.3 is 0 Å². The molecule has 0 aliphatic carbocycles. The van der Waals surface area contributed by atoms with Gasteiger partial charge in [-0.1, -0.05) is 12.1 Å². The highest BCUT2D eigenvalue weighted by Gasteiger charge is 2.11. The molecule has 0 aliphatic heterocycles. The van der Waals surface area contributed by atoms with Crippen LogP contribution in [0.2, 0.25) is 0 Å². The molecule has 2 aromatic rings. The largest absolute Gasteiger partial charge is 0.363 e. The van der Waals surface area contributed by atoms with Crippen molar-refractivity contribution in [3.05, 3.63) is 59.0 Å². The first-order valence-electron chi connectivity index (χ1n) is 9.28. The first-order chi connectivity index (χ1) is 13.7.